The zero-order chi connectivity index (χ0) is 13.9. The molecule has 2 aromatic carbocycles. The second-order valence-electron chi connectivity index (χ2n) is 4.50. The first-order valence-electron chi connectivity index (χ1n) is 6.25. The number of nitrogens with zero attached hydrogens (tertiary/aromatic N) is 1. The van der Waals surface area contributed by atoms with E-state index in [-0.39, 0.29) is 5.82 Å². The summed E-state index contributed by atoms with van der Waals surface area (Å²) in [6.07, 6.45) is 1.76. The molecule has 0 aliphatic heterocycles. The lowest BCUT2D eigenvalue weighted by atomic mass is 10.2. The van der Waals surface area contributed by atoms with Crippen molar-refractivity contribution in [2.45, 2.75) is 6.54 Å². The van der Waals surface area contributed by atoms with Crippen molar-refractivity contribution in [3.8, 4) is 0 Å². The lowest BCUT2D eigenvalue weighted by Gasteiger charge is -2.08. The summed E-state index contributed by atoms with van der Waals surface area (Å²) >= 11 is 5.87. The first-order chi connectivity index (χ1) is 9.72. The van der Waals surface area contributed by atoms with Crippen molar-refractivity contribution < 1.29 is 4.39 Å². The van der Waals surface area contributed by atoms with Crippen LogP contribution in [0, 0.1) is 5.82 Å². The van der Waals surface area contributed by atoms with Crippen molar-refractivity contribution in [2.24, 2.45) is 0 Å². The predicted octanol–water partition coefficient (Wildman–Crippen LogP) is 4.64. The van der Waals surface area contributed by atoms with Gasteiger partial charge >= 0.3 is 0 Å². The van der Waals surface area contributed by atoms with Gasteiger partial charge in [-0.15, -0.1) is 0 Å². The average molecular weight is 287 g/mol. The van der Waals surface area contributed by atoms with Gasteiger partial charge in [0.2, 0.25) is 0 Å². The summed E-state index contributed by atoms with van der Waals surface area (Å²) in [7, 11) is 0. The van der Waals surface area contributed by atoms with Gasteiger partial charge in [-0.1, -0.05) is 17.7 Å². The van der Waals surface area contributed by atoms with E-state index in [0.717, 1.165) is 16.6 Å². The predicted molar refractivity (Wildman–Crippen MR) is 80.5 cm³/mol. The SMILES string of the molecule is Fc1ccc(Cl)cc1CNc1ccc2ncccc2c1. The Morgan fingerprint density at radius 3 is 2.90 bits per heavy atom. The summed E-state index contributed by atoms with van der Waals surface area (Å²) in [5.41, 5.74) is 2.40. The van der Waals surface area contributed by atoms with Crippen LogP contribution >= 0.6 is 11.6 Å². The topological polar surface area (TPSA) is 24.9 Å². The van der Waals surface area contributed by atoms with E-state index in [9.17, 15) is 4.39 Å². The highest BCUT2D eigenvalue weighted by molar-refractivity contribution is 6.30. The van der Waals surface area contributed by atoms with E-state index in [4.69, 9.17) is 11.6 Å². The van der Waals surface area contributed by atoms with Gasteiger partial charge in [0.15, 0.2) is 0 Å². The smallest absolute Gasteiger partial charge is 0.128 e. The summed E-state index contributed by atoms with van der Waals surface area (Å²) in [6, 6.07) is 14.3. The maximum Gasteiger partial charge on any atom is 0.128 e. The van der Waals surface area contributed by atoms with Gasteiger partial charge in [0, 0.05) is 34.4 Å². The number of nitrogens with one attached hydrogen (secondary N) is 1. The molecule has 0 aliphatic carbocycles. The number of anilines is 1. The molecule has 0 bridgehead atoms. The Morgan fingerprint density at radius 2 is 2.00 bits per heavy atom. The Kier molecular flexibility index (Phi) is 3.52. The third kappa shape index (κ3) is 2.73. The fourth-order valence-electron chi connectivity index (χ4n) is 2.06. The monoisotopic (exact) mass is 286 g/mol. The molecule has 0 saturated carbocycles. The van der Waals surface area contributed by atoms with Crippen LogP contribution in [-0.2, 0) is 6.54 Å². The largest absolute Gasteiger partial charge is 0.381 e. The van der Waals surface area contributed by atoms with Crippen molar-refractivity contribution in [2.75, 3.05) is 5.32 Å². The highest BCUT2D eigenvalue weighted by atomic mass is 35.5. The Hall–Kier alpha value is -2.13. The van der Waals surface area contributed by atoms with Gasteiger partial charge < -0.3 is 5.32 Å². The van der Waals surface area contributed by atoms with Crippen molar-refractivity contribution >= 4 is 28.2 Å². The Bertz CT molecular complexity index is 758. The minimum Gasteiger partial charge on any atom is -0.381 e. The normalized spacial score (nSPS) is 10.7. The lowest BCUT2D eigenvalue weighted by Crippen LogP contribution is -2.01. The van der Waals surface area contributed by atoms with E-state index in [1.807, 2.05) is 30.3 Å². The number of hydrogen-bond acceptors (Lipinski definition) is 2. The molecule has 1 N–H and O–H groups in total. The molecule has 0 radical (unpaired) electrons. The van der Waals surface area contributed by atoms with E-state index < -0.39 is 0 Å². The van der Waals surface area contributed by atoms with Crippen LogP contribution in [0.1, 0.15) is 5.56 Å². The quantitative estimate of drug-likeness (QED) is 0.759. The Labute approximate surface area is 121 Å². The standard InChI is InChI=1S/C16H12ClFN2/c17-13-3-5-15(18)12(8-13)10-20-14-4-6-16-11(9-14)2-1-7-19-16/h1-9,20H,10H2. The molecule has 0 spiro atoms. The molecular formula is C16H12ClFN2. The van der Waals surface area contributed by atoms with E-state index in [1.54, 1.807) is 18.3 Å². The molecule has 3 rings (SSSR count). The van der Waals surface area contributed by atoms with Gasteiger partial charge in [-0.05, 0) is 42.5 Å². The molecule has 4 heteroatoms. The fourth-order valence-corrected chi connectivity index (χ4v) is 2.26. The lowest BCUT2D eigenvalue weighted by molar-refractivity contribution is 0.613. The van der Waals surface area contributed by atoms with E-state index in [2.05, 4.69) is 10.3 Å². The van der Waals surface area contributed by atoms with E-state index in [1.165, 1.54) is 6.07 Å². The zero-order valence-corrected chi connectivity index (χ0v) is 11.4. The molecular weight excluding hydrogens is 275 g/mol. The average Bonchev–Trinajstić information content (AvgIpc) is 2.48. The summed E-state index contributed by atoms with van der Waals surface area (Å²) in [4.78, 5) is 4.26. The highest BCUT2D eigenvalue weighted by Crippen LogP contribution is 2.19. The summed E-state index contributed by atoms with van der Waals surface area (Å²) < 4.78 is 13.6. The van der Waals surface area contributed by atoms with Crippen LogP contribution in [0.3, 0.4) is 0 Å². The van der Waals surface area contributed by atoms with Crippen LogP contribution in [0.15, 0.2) is 54.7 Å². The summed E-state index contributed by atoms with van der Waals surface area (Å²) in [5, 5.41) is 4.77. The van der Waals surface area contributed by atoms with Crippen molar-refractivity contribution in [1.82, 2.24) is 4.98 Å². The molecule has 2 nitrogen and oxygen atoms in total. The molecule has 1 aromatic heterocycles. The number of hydrogen-bond donors (Lipinski definition) is 1. The third-order valence-electron chi connectivity index (χ3n) is 3.09. The molecule has 0 unspecified atom stereocenters. The zero-order valence-electron chi connectivity index (χ0n) is 10.6. The second-order valence-corrected chi connectivity index (χ2v) is 4.94. The molecule has 0 amide bonds. The number of halogens is 2. The molecule has 1 heterocycles. The number of rotatable bonds is 3. The minimum atomic E-state index is -0.260. The maximum absolute atomic E-state index is 13.6. The molecule has 3 aromatic rings. The second kappa shape index (κ2) is 5.47. The van der Waals surface area contributed by atoms with Crippen molar-refractivity contribution in [3.05, 3.63) is 71.1 Å². The molecule has 0 atom stereocenters. The summed E-state index contributed by atoms with van der Waals surface area (Å²) in [6.45, 7) is 0.387. The third-order valence-corrected chi connectivity index (χ3v) is 3.33. The number of benzene rings is 2. The first kappa shape index (κ1) is 12.9. The van der Waals surface area contributed by atoms with Gasteiger partial charge in [0.25, 0.3) is 0 Å². The van der Waals surface area contributed by atoms with Crippen LogP contribution in [0.25, 0.3) is 10.9 Å². The molecule has 100 valence electrons. The van der Waals surface area contributed by atoms with Gasteiger partial charge in [-0.2, -0.15) is 0 Å². The van der Waals surface area contributed by atoms with Crippen LogP contribution in [0.2, 0.25) is 5.02 Å². The number of fused-ring (bicyclic) bond motifs is 1. The van der Waals surface area contributed by atoms with Crippen LogP contribution in [0.4, 0.5) is 10.1 Å². The Morgan fingerprint density at radius 1 is 1.10 bits per heavy atom. The molecule has 0 aliphatic rings. The molecule has 0 saturated heterocycles. The van der Waals surface area contributed by atoms with Gasteiger partial charge in [-0.25, -0.2) is 4.39 Å². The molecule has 0 fully saturated rings. The number of pyridine rings is 1. The van der Waals surface area contributed by atoms with Crippen LogP contribution in [0.5, 0.6) is 0 Å². The fraction of sp³-hybridized carbons (Fsp3) is 0.0625. The van der Waals surface area contributed by atoms with Crippen molar-refractivity contribution in [3.63, 3.8) is 0 Å². The van der Waals surface area contributed by atoms with E-state index in [0.29, 0.717) is 17.1 Å². The van der Waals surface area contributed by atoms with Gasteiger partial charge in [0.1, 0.15) is 5.82 Å². The minimum absolute atomic E-state index is 0.260. The van der Waals surface area contributed by atoms with Gasteiger partial charge in [0.05, 0.1) is 5.52 Å². The highest BCUT2D eigenvalue weighted by Gasteiger charge is 2.03. The molecule has 20 heavy (non-hydrogen) atoms. The van der Waals surface area contributed by atoms with Crippen LogP contribution in [-0.4, -0.2) is 4.98 Å². The Balaban J connectivity index is 1.81. The van der Waals surface area contributed by atoms with Crippen LogP contribution < -0.4 is 5.32 Å². The summed E-state index contributed by atoms with van der Waals surface area (Å²) in [5.74, 6) is -0.260. The maximum atomic E-state index is 13.6. The van der Waals surface area contributed by atoms with Crippen molar-refractivity contribution in [1.29, 1.82) is 0 Å². The van der Waals surface area contributed by atoms with E-state index >= 15 is 0 Å². The first-order valence-corrected chi connectivity index (χ1v) is 6.63. The van der Waals surface area contributed by atoms with Gasteiger partial charge in [-0.3, -0.25) is 4.98 Å². The number of aromatic nitrogens is 1.